The van der Waals surface area contributed by atoms with Crippen LogP contribution in [0.3, 0.4) is 0 Å². The summed E-state index contributed by atoms with van der Waals surface area (Å²) >= 11 is 0. The highest BCUT2D eigenvalue weighted by Crippen LogP contribution is 2.24. The van der Waals surface area contributed by atoms with Gasteiger partial charge in [-0.25, -0.2) is 4.79 Å². The van der Waals surface area contributed by atoms with Crippen molar-refractivity contribution in [3.8, 4) is 0 Å². The number of rotatable bonds is 8. The molecule has 2 N–H and O–H groups in total. The van der Waals surface area contributed by atoms with Crippen molar-refractivity contribution in [2.24, 2.45) is 5.41 Å². The van der Waals surface area contributed by atoms with Gasteiger partial charge < -0.3 is 15.3 Å². The maximum atomic E-state index is 13.2. The lowest BCUT2D eigenvalue weighted by molar-refractivity contribution is -0.140. The van der Waals surface area contributed by atoms with Crippen molar-refractivity contribution in [3.05, 3.63) is 11.6 Å². The number of carbonyl (C=O) groups is 3. The summed E-state index contributed by atoms with van der Waals surface area (Å²) in [7, 11) is 1.63. The maximum Gasteiger partial charge on any atom is 0.331 e. The summed E-state index contributed by atoms with van der Waals surface area (Å²) in [4.78, 5) is 40.9. The summed E-state index contributed by atoms with van der Waals surface area (Å²) in [6.07, 6.45) is 6.64. The summed E-state index contributed by atoms with van der Waals surface area (Å²) in [5.41, 5.74) is -0.282. The third-order valence-corrected chi connectivity index (χ3v) is 5.79. The number of hydrogen-bond acceptors (Lipinski definition) is 4. The van der Waals surface area contributed by atoms with E-state index in [1.54, 1.807) is 7.05 Å². The molecule has 0 spiro atoms. The topological polar surface area (TPSA) is 90.0 Å². The first-order valence-corrected chi connectivity index (χ1v) is 12.0. The first-order valence-electron chi connectivity index (χ1n) is 12.0. The van der Waals surface area contributed by atoms with Crippen LogP contribution in [0.15, 0.2) is 11.6 Å². The van der Waals surface area contributed by atoms with E-state index in [-0.39, 0.29) is 30.0 Å². The van der Waals surface area contributed by atoms with Crippen LogP contribution in [-0.4, -0.2) is 71.0 Å². The summed E-state index contributed by atoms with van der Waals surface area (Å²) in [6.45, 7) is 16.9. The van der Waals surface area contributed by atoms with Gasteiger partial charge in [-0.05, 0) is 45.1 Å². The Hall–Kier alpha value is -1.89. The molecule has 0 aliphatic carbocycles. The first-order chi connectivity index (χ1) is 14.8. The molecule has 7 heteroatoms. The van der Waals surface area contributed by atoms with Gasteiger partial charge in [-0.3, -0.25) is 14.5 Å². The lowest BCUT2D eigenvalue weighted by atomic mass is 9.85. The number of nitrogens with zero attached hydrogens (tertiary/aromatic N) is 2. The van der Waals surface area contributed by atoms with Crippen LogP contribution in [0.25, 0.3) is 0 Å². The number of amides is 2. The van der Waals surface area contributed by atoms with Gasteiger partial charge in [0.25, 0.3) is 0 Å². The molecule has 1 aliphatic heterocycles. The molecule has 1 saturated heterocycles. The average Bonchev–Trinajstić information content (AvgIpc) is 2.73. The summed E-state index contributed by atoms with van der Waals surface area (Å²) in [5.74, 6) is -1.32. The van der Waals surface area contributed by atoms with Gasteiger partial charge in [0.2, 0.25) is 11.8 Å². The van der Waals surface area contributed by atoms with Crippen molar-refractivity contribution >= 4 is 17.8 Å². The van der Waals surface area contributed by atoms with Gasteiger partial charge in [0.1, 0.15) is 6.04 Å². The van der Waals surface area contributed by atoms with E-state index < -0.39 is 17.4 Å². The second kappa shape index (κ2) is 14.3. The predicted octanol–water partition coefficient (Wildman–Crippen LogP) is 4.08. The summed E-state index contributed by atoms with van der Waals surface area (Å²) in [5, 5.41) is 12.0. The fraction of sp³-hybridized carbons (Fsp3) is 0.800. The lowest BCUT2D eigenvalue weighted by Gasteiger charge is -2.40. The molecule has 0 aromatic rings. The van der Waals surface area contributed by atoms with Gasteiger partial charge in [0.05, 0.1) is 6.04 Å². The Morgan fingerprint density at radius 2 is 1.75 bits per heavy atom. The zero-order chi connectivity index (χ0) is 25.1. The van der Waals surface area contributed by atoms with Crippen molar-refractivity contribution < 1.29 is 19.5 Å². The first kappa shape index (κ1) is 30.1. The smallest absolute Gasteiger partial charge is 0.331 e. The van der Waals surface area contributed by atoms with Crippen molar-refractivity contribution in [2.75, 3.05) is 20.1 Å². The molecule has 0 aromatic heterocycles. The van der Waals surface area contributed by atoms with E-state index in [0.717, 1.165) is 32.2 Å². The Kier molecular flexibility index (Phi) is 13.5. The molecule has 0 aromatic carbocycles. The number of carboxylic acids is 1. The quantitative estimate of drug-likeness (QED) is 0.541. The molecule has 0 radical (unpaired) electrons. The second-order valence-corrected chi connectivity index (χ2v) is 9.93. The van der Waals surface area contributed by atoms with Crippen LogP contribution < -0.4 is 5.32 Å². The zero-order valence-electron chi connectivity index (χ0n) is 21.8. The van der Waals surface area contributed by atoms with Gasteiger partial charge in [0.15, 0.2) is 0 Å². The lowest BCUT2D eigenvalue weighted by Crippen LogP contribution is -2.59. The molecular formula is C25H47N3O4. The van der Waals surface area contributed by atoms with E-state index in [2.05, 4.69) is 37.9 Å². The van der Waals surface area contributed by atoms with E-state index in [1.807, 2.05) is 20.8 Å². The van der Waals surface area contributed by atoms with Crippen molar-refractivity contribution in [1.82, 2.24) is 15.1 Å². The Bertz CT molecular complexity index is 640. The number of aliphatic carboxylic acids is 1. The molecule has 3 atom stereocenters. The minimum absolute atomic E-state index is 0.0936. The number of likely N-dealkylation sites (N-methyl/N-ethyl adjacent to an activating group) is 1. The van der Waals surface area contributed by atoms with Crippen LogP contribution >= 0.6 is 0 Å². The maximum absolute atomic E-state index is 13.2. The number of carbonyl (C=O) groups excluding carboxylic acids is 2. The number of carboxylic acid groups (broad SMARTS) is 1. The molecule has 0 bridgehead atoms. The largest absolute Gasteiger partial charge is 0.478 e. The van der Waals surface area contributed by atoms with E-state index in [9.17, 15) is 14.4 Å². The van der Waals surface area contributed by atoms with Crippen molar-refractivity contribution in [1.29, 1.82) is 0 Å². The van der Waals surface area contributed by atoms with Crippen LogP contribution in [0, 0.1) is 5.41 Å². The summed E-state index contributed by atoms with van der Waals surface area (Å²) in [6, 6.07) is -0.573. The molecule has 3 unspecified atom stereocenters. The fourth-order valence-corrected chi connectivity index (χ4v) is 3.56. The molecule has 32 heavy (non-hydrogen) atoms. The molecule has 7 nitrogen and oxygen atoms in total. The molecule has 186 valence electrons. The molecule has 1 fully saturated rings. The van der Waals surface area contributed by atoms with E-state index in [0.29, 0.717) is 6.04 Å². The number of piperidine rings is 1. The SMILES string of the molecule is CCC.CCC(C)N1CCCCC1C(=O)NC(C(=O)N(C)C/C=C(\C)C(=O)O)C(C)(C)C. The van der Waals surface area contributed by atoms with Gasteiger partial charge in [-0.2, -0.15) is 0 Å². The number of hydrogen-bond donors (Lipinski definition) is 2. The Balaban J connectivity index is 0.00000302. The molecular weight excluding hydrogens is 406 g/mol. The third-order valence-electron chi connectivity index (χ3n) is 5.79. The molecule has 1 aliphatic rings. The Morgan fingerprint density at radius 3 is 2.22 bits per heavy atom. The van der Waals surface area contributed by atoms with Gasteiger partial charge in [0, 0.05) is 25.2 Å². The minimum atomic E-state index is -1.01. The Morgan fingerprint density at radius 1 is 1.19 bits per heavy atom. The van der Waals surface area contributed by atoms with Crippen molar-refractivity contribution in [2.45, 2.75) is 106 Å². The fourth-order valence-electron chi connectivity index (χ4n) is 3.56. The van der Waals surface area contributed by atoms with Gasteiger partial charge in [-0.15, -0.1) is 0 Å². The van der Waals surface area contributed by atoms with Crippen LogP contribution in [0.5, 0.6) is 0 Å². The van der Waals surface area contributed by atoms with Crippen LogP contribution in [0.1, 0.15) is 87.5 Å². The average molecular weight is 454 g/mol. The van der Waals surface area contributed by atoms with E-state index in [4.69, 9.17) is 5.11 Å². The number of likely N-dealkylation sites (tertiary alicyclic amines) is 1. The van der Waals surface area contributed by atoms with Crippen LogP contribution in [0.2, 0.25) is 0 Å². The minimum Gasteiger partial charge on any atom is -0.478 e. The molecule has 1 heterocycles. The predicted molar refractivity (Wildman–Crippen MR) is 130 cm³/mol. The third kappa shape index (κ3) is 9.72. The monoisotopic (exact) mass is 453 g/mol. The number of nitrogens with one attached hydrogen (secondary N) is 1. The van der Waals surface area contributed by atoms with Gasteiger partial charge >= 0.3 is 5.97 Å². The molecule has 1 rings (SSSR count). The highest BCUT2D eigenvalue weighted by atomic mass is 16.4. The van der Waals surface area contributed by atoms with E-state index in [1.165, 1.54) is 24.3 Å². The van der Waals surface area contributed by atoms with Crippen LogP contribution in [-0.2, 0) is 14.4 Å². The van der Waals surface area contributed by atoms with E-state index >= 15 is 0 Å². The standard InChI is InChI=1S/C22H39N3O4.C3H8/c1-8-16(3)25-13-10-9-11-17(25)19(26)23-18(22(4,5)6)20(27)24(7)14-12-15(2)21(28)29;1-3-2/h12,16-18H,8-11,13-14H2,1-7H3,(H,23,26)(H,28,29);3H2,1-2H3/b15-12+;. The molecule has 2 amide bonds. The Labute approximate surface area is 195 Å². The van der Waals surface area contributed by atoms with Gasteiger partial charge in [-0.1, -0.05) is 60.5 Å². The highest BCUT2D eigenvalue weighted by Gasteiger charge is 2.38. The van der Waals surface area contributed by atoms with Crippen LogP contribution in [0.4, 0.5) is 0 Å². The normalized spacial score (nSPS) is 19.3. The summed E-state index contributed by atoms with van der Waals surface area (Å²) < 4.78 is 0. The van der Waals surface area contributed by atoms with Crippen molar-refractivity contribution in [3.63, 3.8) is 0 Å². The molecule has 0 saturated carbocycles. The zero-order valence-corrected chi connectivity index (χ0v) is 21.8. The highest BCUT2D eigenvalue weighted by molar-refractivity contribution is 5.90. The second-order valence-electron chi connectivity index (χ2n) is 9.93.